The zero-order chi connectivity index (χ0) is 12.2. The maximum Gasteiger partial charge on any atom is 0.0494 e. The van der Waals surface area contributed by atoms with Gasteiger partial charge >= 0.3 is 0 Å². The van der Waals surface area contributed by atoms with Crippen molar-refractivity contribution in [3.8, 4) is 0 Å². The van der Waals surface area contributed by atoms with Gasteiger partial charge in [-0.15, -0.1) is 11.3 Å². The molecule has 0 atom stereocenters. The molecule has 92 valence electrons. The lowest BCUT2D eigenvalue weighted by molar-refractivity contribution is 0.0828. The van der Waals surface area contributed by atoms with Gasteiger partial charge in [0, 0.05) is 36.0 Å². The molecule has 0 spiro atoms. The molecule has 1 aromatic heterocycles. The third-order valence-electron chi connectivity index (χ3n) is 2.73. The first-order chi connectivity index (χ1) is 7.44. The summed E-state index contributed by atoms with van der Waals surface area (Å²) < 4.78 is 0. The maximum absolute atomic E-state index is 9.33. The van der Waals surface area contributed by atoms with Crippen LogP contribution in [0.2, 0.25) is 0 Å². The number of aliphatic hydroxyl groups excluding tert-OH is 1. The predicted molar refractivity (Wildman–Crippen MR) is 70.7 cm³/mol. The normalized spacial score (nSPS) is 12.7. The molecule has 0 bridgehead atoms. The zero-order valence-electron chi connectivity index (χ0n) is 10.7. The lowest BCUT2D eigenvalue weighted by Crippen LogP contribution is -2.39. The van der Waals surface area contributed by atoms with Gasteiger partial charge in [-0.25, -0.2) is 0 Å². The Bertz CT molecular complexity index is 293. The molecule has 0 aromatic carbocycles. The van der Waals surface area contributed by atoms with Crippen LogP contribution in [-0.2, 0) is 6.54 Å². The summed E-state index contributed by atoms with van der Waals surface area (Å²) in [5.41, 5.74) is -0.0263. The first kappa shape index (κ1) is 13.7. The topological polar surface area (TPSA) is 23.5 Å². The molecule has 0 fully saturated rings. The number of hydrogen-bond donors (Lipinski definition) is 1. The zero-order valence-corrected chi connectivity index (χ0v) is 11.5. The molecular formula is C13H23NOS. The smallest absolute Gasteiger partial charge is 0.0494 e. The van der Waals surface area contributed by atoms with Gasteiger partial charge in [0.1, 0.15) is 0 Å². The number of hydrogen-bond acceptors (Lipinski definition) is 3. The molecule has 0 saturated carbocycles. The highest BCUT2D eigenvalue weighted by atomic mass is 32.1. The van der Waals surface area contributed by atoms with Crippen LogP contribution in [0.1, 0.15) is 32.6 Å². The summed E-state index contributed by atoms with van der Waals surface area (Å²) in [7, 11) is 0. The van der Waals surface area contributed by atoms with Crippen LogP contribution in [0, 0.1) is 5.41 Å². The van der Waals surface area contributed by atoms with Crippen molar-refractivity contribution < 1.29 is 5.11 Å². The van der Waals surface area contributed by atoms with E-state index in [-0.39, 0.29) is 12.0 Å². The molecule has 1 aromatic rings. The largest absolute Gasteiger partial charge is 0.396 e. The second-order valence-corrected chi connectivity index (χ2v) is 6.43. The minimum absolute atomic E-state index is 0.0263. The van der Waals surface area contributed by atoms with E-state index in [1.807, 2.05) is 0 Å². The van der Waals surface area contributed by atoms with Crippen molar-refractivity contribution in [3.63, 3.8) is 0 Å². The van der Waals surface area contributed by atoms with Gasteiger partial charge in [0.05, 0.1) is 0 Å². The van der Waals surface area contributed by atoms with E-state index in [1.165, 1.54) is 4.88 Å². The van der Waals surface area contributed by atoms with Crippen molar-refractivity contribution in [2.24, 2.45) is 5.41 Å². The first-order valence-corrected chi connectivity index (χ1v) is 6.70. The lowest BCUT2D eigenvalue weighted by atomic mass is 9.93. The average molecular weight is 241 g/mol. The Morgan fingerprint density at radius 1 is 1.44 bits per heavy atom. The number of aliphatic hydroxyl groups is 1. The molecule has 0 unspecified atom stereocenters. The molecule has 0 aliphatic rings. The SMILES string of the molecule is CC(C)N(Cc1cccs1)CC(C)(C)CO. The van der Waals surface area contributed by atoms with Gasteiger partial charge in [-0.1, -0.05) is 19.9 Å². The maximum atomic E-state index is 9.33. The highest BCUT2D eigenvalue weighted by molar-refractivity contribution is 7.09. The molecule has 2 nitrogen and oxygen atoms in total. The average Bonchev–Trinajstić information content (AvgIpc) is 2.69. The molecule has 16 heavy (non-hydrogen) atoms. The van der Waals surface area contributed by atoms with Crippen molar-refractivity contribution in [3.05, 3.63) is 22.4 Å². The van der Waals surface area contributed by atoms with Crippen LogP contribution in [0.4, 0.5) is 0 Å². The molecule has 1 heterocycles. The Balaban J connectivity index is 2.62. The predicted octanol–water partition coefficient (Wildman–Crippen LogP) is 2.98. The molecule has 0 aliphatic carbocycles. The summed E-state index contributed by atoms with van der Waals surface area (Å²) in [6.07, 6.45) is 0. The van der Waals surface area contributed by atoms with Crippen LogP contribution in [0.5, 0.6) is 0 Å². The molecule has 3 heteroatoms. The van der Waals surface area contributed by atoms with Crippen molar-refractivity contribution in [2.45, 2.75) is 40.3 Å². The van der Waals surface area contributed by atoms with Crippen molar-refractivity contribution in [1.29, 1.82) is 0 Å². The highest BCUT2D eigenvalue weighted by Gasteiger charge is 2.22. The lowest BCUT2D eigenvalue weighted by Gasteiger charge is -2.33. The summed E-state index contributed by atoms with van der Waals surface area (Å²) in [5, 5.41) is 11.4. The van der Waals surface area contributed by atoms with Crippen LogP contribution in [0.25, 0.3) is 0 Å². The number of thiophene rings is 1. The Labute approximate surface area is 103 Å². The van der Waals surface area contributed by atoms with Gasteiger partial charge in [0.2, 0.25) is 0 Å². The van der Waals surface area contributed by atoms with E-state index in [4.69, 9.17) is 0 Å². The quantitative estimate of drug-likeness (QED) is 0.827. The monoisotopic (exact) mass is 241 g/mol. The fourth-order valence-electron chi connectivity index (χ4n) is 1.62. The number of nitrogens with zero attached hydrogens (tertiary/aromatic N) is 1. The van der Waals surface area contributed by atoms with E-state index in [2.05, 4.69) is 50.1 Å². The standard InChI is InChI=1S/C13H23NOS/c1-11(2)14(9-13(3,4)10-15)8-12-6-5-7-16-12/h5-7,11,15H,8-10H2,1-4H3. The van der Waals surface area contributed by atoms with Crippen molar-refractivity contribution in [2.75, 3.05) is 13.2 Å². The fourth-order valence-corrected chi connectivity index (χ4v) is 2.35. The van der Waals surface area contributed by atoms with Crippen LogP contribution in [0.15, 0.2) is 17.5 Å². The van der Waals surface area contributed by atoms with Gasteiger partial charge in [0.15, 0.2) is 0 Å². The molecule has 0 radical (unpaired) electrons. The van der Waals surface area contributed by atoms with Gasteiger partial charge in [-0.2, -0.15) is 0 Å². The summed E-state index contributed by atoms with van der Waals surface area (Å²) in [6.45, 7) is 10.8. The van der Waals surface area contributed by atoms with E-state index < -0.39 is 0 Å². The Kier molecular flexibility index (Phi) is 4.96. The molecule has 1 N–H and O–H groups in total. The van der Waals surface area contributed by atoms with Gasteiger partial charge < -0.3 is 5.11 Å². The Morgan fingerprint density at radius 3 is 2.56 bits per heavy atom. The Hall–Kier alpha value is -0.380. The molecule has 0 saturated heterocycles. The van der Waals surface area contributed by atoms with Gasteiger partial charge in [-0.05, 0) is 25.3 Å². The van der Waals surface area contributed by atoms with Crippen molar-refractivity contribution >= 4 is 11.3 Å². The summed E-state index contributed by atoms with van der Waals surface area (Å²) in [4.78, 5) is 3.81. The first-order valence-electron chi connectivity index (χ1n) is 5.82. The Morgan fingerprint density at radius 2 is 2.12 bits per heavy atom. The van der Waals surface area contributed by atoms with Crippen LogP contribution >= 0.6 is 11.3 Å². The molecular weight excluding hydrogens is 218 g/mol. The molecule has 1 rings (SSSR count). The van der Waals surface area contributed by atoms with E-state index in [1.54, 1.807) is 11.3 Å². The van der Waals surface area contributed by atoms with E-state index in [0.717, 1.165) is 13.1 Å². The second kappa shape index (κ2) is 5.80. The summed E-state index contributed by atoms with van der Waals surface area (Å²) in [5.74, 6) is 0. The van der Waals surface area contributed by atoms with Crippen LogP contribution in [0.3, 0.4) is 0 Å². The summed E-state index contributed by atoms with van der Waals surface area (Å²) >= 11 is 1.80. The van der Waals surface area contributed by atoms with Gasteiger partial charge in [0.25, 0.3) is 0 Å². The van der Waals surface area contributed by atoms with Crippen LogP contribution in [-0.4, -0.2) is 29.2 Å². The van der Waals surface area contributed by atoms with Crippen LogP contribution < -0.4 is 0 Å². The van der Waals surface area contributed by atoms with E-state index in [0.29, 0.717) is 6.04 Å². The molecule has 0 aliphatic heterocycles. The second-order valence-electron chi connectivity index (χ2n) is 5.40. The minimum atomic E-state index is -0.0263. The molecule has 0 amide bonds. The highest BCUT2D eigenvalue weighted by Crippen LogP contribution is 2.21. The fraction of sp³-hybridized carbons (Fsp3) is 0.692. The third-order valence-corrected chi connectivity index (χ3v) is 3.59. The number of rotatable bonds is 6. The van der Waals surface area contributed by atoms with E-state index >= 15 is 0 Å². The minimum Gasteiger partial charge on any atom is -0.396 e. The third kappa shape index (κ3) is 4.24. The van der Waals surface area contributed by atoms with Gasteiger partial charge in [-0.3, -0.25) is 4.90 Å². The van der Waals surface area contributed by atoms with E-state index in [9.17, 15) is 5.11 Å². The summed E-state index contributed by atoms with van der Waals surface area (Å²) in [6, 6.07) is 4.77. The van der Waals surface area contributed by atoms with Crippen molar-refractivity contribution in [1.82, 2.24) is 4.90 Å².